The van der Waals surface area contributed by atoms with Gasteiger partial charge < -0.3 is 5.32 Å². The minimum absolute atomic E-state index is 0.563. The first kappa shape index (κ1) is 14.2. The molecule has 110 valence electrons. The Labute approximate surface area is 128 Å². The fraction of sp³-hybridized carbons (Fsp3) is 0.400. The summed E-state index contributed by atoms with van der Waals surface area (Å²) in [6, 6.07) is 20.5. The molecule has 0 spiro atoms. The Kier molecular flexibility index (Phi) is 4.59. The van der Waals surface area contributed by atoms with E-state index in [-0.39, 0.29) is 0 Å². The zero-order valence-corrected chi connectivity index (χ0v) is 12.9. The van der Waals surface area contributed by atoms with Crippen LogP contribution in [0.5, 0.6) is 0 Å². The summed E-state index contributed by atoms with van der Waals surface area (Å²) in [7, 11) is 0. The lowest BCUT2D eigenvalue weighted by Crippen LogP contribution is -2.30. The highest BCUT2D eigenvalue weighted by Crippen LogP contribution is 2.34. The van der Waals surface area contributed by atoms with Crippen LogP contribution in [0.2, 0.25) is 0 Å². The summed E-state index contributed by atoms with van der Waals surface area (Å²) >= 11 is 0. The van der Waals surface area contributed by atoms with Gasteiger partial charge in [0.1, 0.15) is 0 Å². The Morgan fingerprint density at radius 3 is 2.57 bits per heavy atom. The molecule has 1 nitrogen and oxygen atoms in total. The molecule has 0 heterocycles. The van der Waals surface area contributed by atoms with Crippen molar-refractivity contribution in [2.75, 3.05) is 5.32 Å². The molecule has 0 amide bonds. The summed E-state index contributed by atoms with van der Waals surface area (Å²) in [6.07, 6.45) is 6.37. The topological polar surface area (TPSA) is 12.0 Å². The molecule has 3 rings (SSSR count). The summed E-state index contributed by atoms with van der Waals surface area (Å²) in [5.74, 6) is 0.644. The zero-order chi connectivity index (χ0) is 14.5. The second-order valence-electron chi connectivity index (χ2n) is 6.11. The first-order valence-corrected chi connectivity index (χ1v) is 8.27. The van der Waals surface area contributed by atoms with E-state index in [0.717, 1.165) is 6.42 Å². The van der Waals surface area contributed by atoms with Gasteiger partial charge in [-0.25, -0.2) is 0 Å². The number of hydrogen-bond acceptors (Lipinski definition) is 1. The van der Waals surface area contributed by atoms with E-state index in [1.165, 1.54) is 42.5 Å². The van der Waals surface area contributed by atoms with E-state index in [1.54, 1.807) is 0 Å². The Balaban J connectivity index is 1.78. The normalized spacial score (nSPS) is 22.0. The molecule has 21 heavy (non-hydrogen) atoms. The molecule has 2 unspecified atom stereocenters. The van der Waals surface area contributed by atoms with E-state index in [2.05, 4.69) is 66.8 Å². The minimum Gasteiger partial charge on any atom is -0.382 e. The first-order chi connectivity index (χ1) is 10.4. The molecule has 0 aliphatic heterocycles. The molecule has 1 saturated carbocycles. The van der Waals surface area contributed by atoms with Crippen molar-refractivity contribution in [3.63, 3.8) is 0 Å². The van der Waals surface area contributed by atoms with Crippen molar-refractivity contribution in [2.24, 2.45) is 0 Å². The SMILES string of the molecule is CCc1cccc(NC2CCCCC2c2ccccc2)c1. The first-order valence-electron chi connectivity index (χ1n) is 8.27. The van der Waals surface area contributed by atoms with Crippen molar-refractivity contribution < 1.29 is 0 Å². The molecule has 1 aliphatic carbocycles. The van der Waals surface area contributed by atoms with Crippen molar-refractivity contribution in [1.82, 2.24) is 0 Å². The Morgan fingerprint density at radius 1 is 0.952 bits per heavy atom. The third-order valence-corrected chi connectivity index (χ3v) is 4.68. The standard InChI is InChI=1S/C20H25N/c1-2-16-9-8-12-18(15-16)21-20-14-7-6-13-19(20)17-10-4-3-5-11-17/h3-5,8-12,15,19-21H,2,6-7,13-14H2,1H3. The largest absolute Gasteiger partial charge is 0.382 e. The summed E-state index contributed by atoms with van der Waals surface area (Å²) in [6.45, 7) is 2.21. The average molecular weight is 279 g/mol. The van der Waals surface area contributed by atoms with Crippen LogP contribution in [0.25, 0.3) is 0 Å². The van der Waals surface area contributed by atoms with Crippen molar-refractivity contribution >= 4 is 5.69 Å². The van der Waals surface area contributed by atoms with Crippen LogP contribution in [0.1, 0.15) is 49.7 Å². The second-order valence-corrected chi connectivity index (χ2v) is 6.11. The van der Waals surface area contributed by atoms with E-state index < -0.39 is 0 Å². The highest BCUT2D eigenvalue weighted by Gasteiger charge is 2.26. The molecule has 1 aliphatic rings. The van der Waals surface area contributed by atoms with Gasteiger partial charge in [0.25, 0.3) is 0 Å². The van der Waals surface area contributed by atoms with Crippen molar-refractivity contribution in [3.05, 3.63) is 65.7 Å². The number of aryl methyl sites for hydroxylation is 1. The van der Waals surface area contributed by atoms with Gasteiger partial charge in [-0.2, -0.15) is 0 Å². The molecule has 0 radical (unpaired) electrons. The molecular formula is C20H25N. The van der Waals surface area contributed by atoms with E-state index in [9.17, 15) is 0 Å². The van der Waals surface area contributed by atoms with Gasteiger partial charge in [-0.3, -0.25) is 0 Å². The fourth-order valence-electron chi connectivity index (χ4n) is 3.50. The Morgan fingerprint density at radius 2 is 1.76 bits per heavy atom. The van der Waals surface area contributed by atoms with Crippen LogP contribution in [-0.4, -0.2) is 6.04 Å². The van der Waals surface area contributed by atoms with E-state index in [4.69, 9.17) is 0 Å². The molecule has 2 aromatic rings. The van der Waals surface area contributed by atoms with Crippen molar-refractivity contribution in [1.29, 1.82) is 0 Å². The van der Waals surface area contributed by atoms with Gasteiger partial charge in [-0.05, 0) is 42.5 Å². The summed E-state index contributed by atoms with van der Waals surface area (Å²) in [4.78, 5) is 0. The Bertz CT molecular complexity index is 561. The Hall–Kier alpha value is -1.76. The van der Waals surface area contributed by atoms with Gasteiger partial charge in [0.15, 0.2) is 0 Å². The van der Waals surface area contributed by atoms with Gasteiger partial charge in [-0.1, -0.05) is 62.2 Å². The molecule has 1 N–H and O–H groups in total. The molecular weight excluding hydrogens is 254 g/mol. The van der Waals surface area contributed by atoms with Crippen molar-refractivity contribution in [3.8, 4) is 0 Å². The molecule has 0 aromatic heterocycles. The van der Waals surface area contributed by atoms with Crippen LogP contribution in [0.3, 0.4) is 0 Å². The average Bonchev–Trinajstić information content (AvgIpc) is 2.56. The quantitative estimate of drug-likeness (QED) is 0.791. The van der Waals surface area contributed by atoms with Gasteiger partial charge in [0, 0.05) is 17.6 Å². The van der Waals surface area contributed by atoms with E-state index in [1.807, 2.05) is 0 Å². The second kappa shape index (κ2) is 6.80. The third-order valence-electron chi connectivity index (χ3n) is 4.68. The molecule has 1 fully saturated rings. The van der Waals surface area contributed by atoms with Crippen LogP contribution < -0.4 is 5.32 Å². The van der Waals surface area contributed by atoms with Gasteiger partial charge in [-0.15, -0.1) is 0 Å². The highest BCUT2D eigenvalue weighted by atomic mass is 14.9. The number of nitrogens with one attached hydrogen (secondary N) is 1. The molecule has 2 aromatic carbocycles. The zero-order valence-electron chi connectivity index (χ0n) is 12.9. The third kappa shape index (κ3) is 3.47. The van der Waals surface area contributed by atoms with Gasteiger partial charge in [0.05, 0.1) is 0 Å². The maximum Gasteiger partial charge on any atom is 0.0345 e. The number of anilines is 1. The number of benzene rings is 2. The highest BCUT2D eigenvalue weighted by molar-refractivity contribution is 5.47. The van der Waals surface area contributed by atoms with Crippen LogP contribution in [0, 0.1) is 0 Å². The lowest BCUT2D eigenvalue weighted by Gasteiger charge is -2.33. The maximum atomic E-state index is 3.80. The smallest absolute Gasteiger partial charge is 0.0345 e. The van der Waals surface area contributed by atoms with E-state index in [0.29, 0.717) is 12.0 Å². The summed E-state index contributed by atoms with van der Waals surface area (Å²) in [5, 5.41) is 3.80. The van der Waals surface area contributed by atoms with E-state index >= 15 is 0 Å². The minimum atomic E-state index is 0.563. The monoisotopic (exact) mass is 279 g/mol. The van der Waals surface area contributed by atoms with Crippen LogP contribution in [0.4, 0.5) is 5.69 Å². The van der Waals surface area contributed by atoms with Crippen molar-refractivity contribution in [2.45, 2.75) is 51.0 Å². The number of hydrogen-bond donors (Lipinski definition) is 1. The number of rotatable bonds is 4. The predicted octanol–water partition coefficient (Wildman–Crippen LogP) is 5.39. The summed E-state index contributed by atoms with van der Waals surface area (Å²) in [5.41, 5.74) is 4.18. The lowest BCUT2D eigenvalue weighted by atomic mass is 9.80. The van der Waals surface area contributed by atoms with Gasteiger partial charge >= 0.3 is 0 Å². The fourth-order valence-corrected chi connectivity index (χ4v) is 3.50. The molecule has 0 saturated heterocycles. The molecule has 2 atom stereocenters. The van der Waals surface area contributed by atoms with Gasteiger partial charge in [0.2, 0.25) is 0 Å². The maximum absolute atomic E-state index is 3.80. The van der Waals surface area contributed by atoms with Crippen LogP contribution in [-0.2, 0) is 6.42 Å². The van der Waals surface area contributed by atoms with Crippen LogP contribution >= 0.6 is 0 Å². The molecule has 0 bridgehead atoms. The van der Waals surface area contributed by atoms with Crippen LogP contribution in [0.15, 0.2) is 54.6 Å². The summed E-state index contributed by atoms with van der Waals surface area (Å²) < 4.78 is 0. The molecule has 1 heteroatoms. The lowest BCUT2D eigenvalue weighted by molar-refractivity contribution is 0.405. The predicted molar refractivity (Wildman–Crippen MR) is 90.9 cm³/mol.